The molecule has 0 aliphatic rings. The Morgan fingerprint density at radius 2 is 1.82 bits per heavy atom. The van der Waals surface area contributed by atoms with Crippen molar-refractivity contribution >= 4 is 45.3 Å². The molecule has 34 heavy (non-hydrogen) atoms. The van der Waals surface area contributed by atoms with Crippen molar-refractivity contribution in [3.05, 3.63) is 63.5 Å². The third kappa shape index (κ3) is 6.51. The molecular formula is C21H18F3N5O4S. The van der Waals surface area contributed by atoms with Crippen LogP contribution in [-0.2, 0) is 15.8 Å². The number of aromatic nitrogens is 1. The van der Waals surface area contributed by atoms with Crippen LogP contribution in [0.4, 0.5) is 35.4 Å². The van der Waals surface area contributed by atoms with Gasteiger partial charge in [-0.05, 0) is 24.3 Å². The molecule has 0 saturated carbocycles. The first-order chi connectivity index (χ1) is 16.0. The van der Waals surface area contributed by atoms with Crippen molar-refractivity contribution < 1.29 is 27.7 Å². The van der Waals surface area contributed by atoms with Crippen LogP contribution in [-0.4, -0.2) is 28.3 Å². The summed E-state index contributed by atoms with van der Waals surface area (Å²) in [6.07, 6.45) is -4.80. The van der Waals surface area contributed by atoms with Gasteiger partial charge in [0.1, 0.15) is 5.69 Å². The number of nitrogens with zero attached hydrogens (tertiary/aromatic N) is 2. The second-order valence-electron chi connectivity index (χ2n) is 7.01. The number of nitro benzene ring substituents is 1. The lowest BCUT2D eigenvalue weighted by Crippen LogP contribution is -2.16. The molecule has 2 aromatic carbocycles. The normalized spacial score (nSPS) is 11.1. The molecule has 0 saturated heterocycles. The Morgan fingerprint density at radius 3 is 2.44 bits per heavy atom. The fourth-order valence-corrected chi connectivity index (χ4v) is 3.63. The van der Waals surface area contributed by atoms with Crippen molar-refractivity contribution in [1.29, 1.82) is 0 Å². The van der Waals surface area contributed by atoms with Gasteiger partial charge in [0.15, 0.2) is 5.13 Å². The van der Waals surface area contributed by atoms with E-state index in [-0.39, 0.29) is 24.6 Å². The molecule has 3 rings (SSSR count). The first-order valence-corrected chi connectivity index (χ1v) is 10.6. The highest BCUT2D eigenvalue weighted by Gasteiger charge is 2.33. The number of hydrogen-bond donors (Lipinski definition) is 3. The van der Waals surface area contributed by atoms with E-state index in [2.05, 4.69) is 20.9 Å². The lowest BCUT2D eigenvalue weighted by molar-refractivity contribution is -0.384. The summed E-state index contributed by atoms with van der Waals surface area (Å²) < 4.78 is 38.4. The number of carbonyl (C=O) groups excluding carboxylic acids is 2. The van der Waals surface area contributed by atoms with Gasteiger partial charge in [0.2, 0.25) is 11.8 Å². The third-order valence-electron chi connectivity index (χ3n) is 4.44. The largest absolute Gasteiger partial charge is 0.416 e. The number of alkyl halides is 3. The van der Waals surface area contributed by atoms with E-state index in [9.17, 15) is 32.9 Å². The summed E-state index contributed by atoms with van der Waals surface area (Å²) in [5.41, 5.74) is 0.0530. The van der Waals surface area contributed by atoms with Crippen LogP contribution in [0.15, 0.2) is 47.8 Å². The number of nitrogens with one attached hydrogen (secondary N) is 3. The number of thiazole rings is 1. The minimum absolute atomic E-state index is 0.0408. The second kappa shape index (κ2) is 10.3. The van der Waals surface area contributed by atoms with Crippen LogP contribution >= 0.6 is 11.3 Å². The van der Waals surface area contributed by atoms with Gasteiger partial charge in [0.05, 0.1) is 16.2 Å². The van der Waals surface area contributed by atoms with Crippen molar-refractivity contribution in [2.75, 3.05) is 22.5 Å². The summed E-state index contributed by atoms with van der Waals surface area (Å²) in [4.78, 5) is 37.8. The van der Waals surface area contributed by atoms with Gasteiger partial charge in [-0.25, -0.2) is 4.98 Å². The van der Waals surface area contributed by atoms with Crippen molar-refractivity contribution in [3.8, 4) is 11.3 Å². The van der Waals surface area contributed by atoms with Crippen LogP contribution in [0.5, 0.6) is 0 Å². The van der Waals surface area contributed by atoms with Gasteiger partial charge in [0.25, 0.3) is 5.69 Å². The zero-order valence-corrected chi connectivity index (χ0v) is 18.4. The van der Waals surface area contributed by atoms with Crippen LogP contribution in [0.1, 0.15) is 18.9 Å². The monoisotopic (exact) mass is 493 g/mol. The van der Waals surface area contributed by atoms with Crippen LogP contribution in [0.3, 0.4) is 0 Å². The minimum atomic E-state index is -4.71. The Morgan fingerprint density at radius 1 is 1.12 bits per heavy atom. The molecule has 9 nitrogen and oxygen atoms in total. The lowest BCUT2D eigenvalue weighted by atomic mass is 10.1. The number of nitro groups is 1. The molecule has 0 aliphatic heterocycles. The topological polar surface area (TPSA) is 126 Å². The van der Waals surface area contributed by atoms with Gasteiger partial charge in [-0.1, -0.05) is 12.1 Å². The van der Waals surface area contributed by atoms with Crippen molar-refractivity contribution in [2.24, 2.45) is 0 Å². The molecule has 0 spiro atoms. The first-order valence-electron chi connectivity index (χ1n) is 9.76. The zero-order valence-electron chi connectivity index (χ0n) is 17.6. The summed E-state index contributed by atoms with van der Waals surface area (Å²) in [5, 5.41) is 21.1. The zero-order chi connectivity index (χ0) is 24.9. The van der Waals surface area contributed by atoms with Crippen LogP contribution in [0.2, 0.25) is 0 Å². The number of carbonyl (C=O) groups is 2. The van der Waals surface area contributed by atoms with E-state index in [0.29, 0.717) is 22.6 Å². The highest BCUT2D eigenvalue weighted by atomic mass is 32.1. The molecule has 0 fully saturated rings. The molecule has 13 heteroatoms. The third-order valence-corrected chi connectivity index (χ3v) is 5.20. The highest BCUT2D eigenvalue weighted by molar-refractivity contribution is 7.14. The van der Waals surface area contributed by atoms with Gasteiger partial charge in [-0.15, -0.1) is 11.3 Å². The SMILES string of the molecule is CC(=O)Nc1ccc(-c2csc(NC(=O)CCNc3ccc(C(F)(F)F)cc3[N+](=O)[O-])n2)cc1. The predicted molar refractivity (Wildman–Crippen MR) is 122 cm³/mol. The van der Waals surface area contributed by atoms with Crippen LogP contribution in [0, 0.1) is 10.1 Å². The maximum absolute atomic E-state index is 12.8. The van der Waals surface area contributed by atoms with Crippen LogP contribution < -0.4 is 16.0 Å². The Hall–Kier alpha value is -4.00. The Balaban J connectivity index is 1.56. The van der Waals surface area contributed by atoms with E-state index >= 15 is 0 Å². The van der Waals surface area contributed by atoms with E-state index in [0.717, 1.165) is 17.7 Å². The average molecular weight is 493 g/mol. The van der Waals surface area contributed by atoms with Crippen LogP contribution in [0.25, 0.3) is 11.3 Å². The summed E-state index contributed by atoms with van der Waals surface area (Å²) in [6, 6.07) is 9.13. The smallest absolute Gasteiger partial charge is 0.379 e. The van der Waals surface area contributed by atoms with E-state index in [1.165, 1.54) is 18.3 Å². The molecule has 1 heterocycles. The predicted octanol–water partition coefficient (Wildman–Crippen LogP) is 5.14. The van der Waals surface area contributed by atoms with Gasteiger partial charge in [-0.3, -0.25) is 19.7 Å². The number of anilines is 3. The summed E-state index contributed by atoms with van der Waals surface area (Å²) in [6.45, 7) is 1.37. The Kier molecular flexibility index (Phi) is 7.46. The molecular weight excluding hydrogens is 475 g/mol. The number of hydrogen-bond acceptors (Lipinski definition) is 7. The molecule has 0 bridgehead atoms. The maximum Gasteiger partial charge on any atom is 0.416 e. The maximum atomic E-state index is 12.8. The molecule has 0 aliphatic carbocycles. The molecule has 2 amide bonds. The summed E-state index contributed by atoms with van der Waals surface area (Å²) >= 11 is 1.20. The van der Waals surface area contributed by atoms with E-state index in [4.69, 9.17) is 0 Å². The quantitative estimate of drug-likeness (QED) is 0.295. The van der Waals surface area contributed by atoms with Crippen molar-refractivity contribution in [2.45, 2.75) is 19.5 Å². The summed E-state index contributed by atoms with van der Waals surface area (Å²) in [5.74, 6) is -0.613. The Bertz CT molecular complexity index is 1210. The number of rotatable bonds is 8. The molecule has 3 aromatic rings. The molecule has 3 N–H and O–H groups in total. The van der Waals surface area contributed by atoms with Gasteiger partial charge in [-0.2, -0.15) is 13.2 Å². The number of halogens is 3. The Labute approximate surface area is 195 Å². The summed E-state index contributed by atoms with van der Waals surface area (Å²) in [7, 11) is 0. The number of amides is 2. The van der Waals surface area contributed by atoms with E-state index in [1.54, 1.807) is 29.6 Å². The molecule has 0 radical (unpaired) electrons. The molecule has 0 atom stereocenters. The molecule has 178 valence electrons. The standard InChI is InChI=1S/C21H18F3N5O4S/c1-12(30)26-15-5-2-13(3-6-15)17-11-34-20(27-17)28-19(31)8-9-25-16-7-4-14(21(22,23)24)10-18(16)29(32)33/h2-7,10-11,25H,8-9H2,1H3,(H,26,30)(H,27,28,31). The fourth-order valence-electron chi connectivity index (χ4n) is 2.89. The van der Waals surface area contributed by atoms with Gasteiger partial charge < -0.3 is 16.0 Å². The molecule has 1 aromatic heterocycles. The average Bonchev–Trinajstić information content (AvgIpc) is 3.21. The van der Waals surface area contributed by atoms with E-state index in [1.807, 2.05) is 0 Å². The van der Waals surface area contributed by atoms with Crippen molar-refractivity contribution in [3.63, 3.8) is 0 Å². The highest BCUT2D eigenvalue weighted by Crippen LogP contribution is 2.35. The second-order valence-corrected chi connectivity index (χ2v) is 7.87. The first kappa shape index (κ1) is 24.6. The van der Waals surface area contributed by atoms with Gasteiger partial charge in [0, 0.05) is 42.6 Å². The van der Waals surface area contributed by atoms with Crippen molar-refractivity contribution in [1.82, 2.24) is 4.98 Å². The fraction of sp³-hybridized carbons (Fsp3) is 0.190. The lowest BCUT2D eigenvalue weighted by Gasteiger charge is -2.10. The van der Waals surface area contributed by atoms with E-state index < -0.39 is 28.3 Å². The number of benzene rings is 2. The van der Waals surface area contributed by atoms with Gasteiger partial charge >= 0.3 is 6.18 Å². The molecule has 0 unspecified atom stereocenters. The minimum Gasteiger partial charge on any atom is -0.379 e.